The normalized spacial score (nSPS) is 31.9. The maximum atomic E-state index is 15.1. The first-order chi connectivity index (χ1) is 24.2. The minimum Gasteiger partial charge on any atom is -0.473 e. The van der Waals surface area contributed by atoms with Gasteiger partial charge in [0.1, 0.15) is 12.2 Å². The van der Waals surface area contributed by atoms with Gasteiger partial charge in [-0.25, -0.2) is 9.59 Å². The third-order valence-corrected chi connectivity index (χ3v) is 16.6. The van der Waals surface area contributed by atoms with Crippen molar-refractivity contribution in [2.24, 2.45) is 0 Å². The van der Waals surface area contributed by atoms with Gasteiger partial charge in [-0.3, -0.25) is 9.59 Å². The van der Waals surface area contributed by atoms with E-state index in [1.165, 1.54) is 88.2 Å². The molecule has 9 rings (SSSR count). The number of aliphatic hydroxyl groups is 2. The first kappa shape index (κ1) is 33.3. The molecule has 0 radical (unpaired) electrons. The predicted octanol–water partition coefficient (Wildman–Crippen LogP) is 4.43. The van der Waals surface area contributed by atoms with E-state index < -0.39 is 70.0 Å². The van der Waals surface area contributed by atoms with Gasteiger partial charge in [-0.15, -0.1) is 0 Å². The molecule has 0 aromatic heterocycles. The molecular weight excluding hydrogens is 725 g/mol. The van der Waals surface area contributed by atoms with Crippen molar-refractivity contribution in [3.05, 3.63) is 120 Å². The fraction of sp³-hybridized carbons (Fsp3) is 0.294. The minimum atomic E-state index is -1.58. The van der Waals surface area contributed by atoms with Crippen LogP contribution in [-0.4, -0.2) is 77.8 Å². The standard InChI is InChI=1S/C34H28N2O10S4/c37-27(19-7-3-1-4-8-19)29(39)45-23-11-13-43-17-21-15-33-32(42)36-26-22(16-34(36,48-50-49-47-33)31(41)35(33)25(21)23)18-44-14-12-24(26)46-30(40)28(38)20-9-5-2-6-10-20/h1-14,17-18,23-28,37-38H,15-16H2. The van der Waals surface area contributed by atoms with Crippen molar-refractivity contribution < 1.29 is 48.3 Å². The molecule has 2 N–H and O–H groups in total. The van der Waals surface area contributed by atoms with Crippen LogP contribution in [0.4, 0.5) is 0 Å². The average Bonchev–Trinajstić information content (AvgIpc) is 3.48. The maximum absolute atomic E-state index is 15.1. The monoisotopic (exact) mass is 752 g/mol. The smallest absolute Gasteiger partial charge is 0.340 e. The highest BCUT2D eigenvalue weighted by atomic mass is 33.7. The molecule has 12 nitrogen and oxygen atoms in total. The summed E-state index contributed by atoms with van der Waals surface area (Å²) >= 11 is 0. The van der Waals surface area contributed by atoms with Crippen LogP contribution < -0.4 is 0 Å². The van der Waals surface area contributed by atoms with Crippen LogP contribution in [0.15, 0.2) is 109 Å². The van der Waals surface area contributed by atoms with Crippen LogP contribution in [-0.2, 0) is 38.1 Å². The van der Waals surface area contributed by atoms with E-state index in [2.05, 4.69) is 0 Å². The van der Waals surface area contributed by atoms with E-state index in [9.17, 15) is 19.8 Å². The molecule has 16 heteroatoms. The summed E-state index contributed by atoms with van der Waals surface area (Å²) in [5, 5.41) is 21.6. The fourth-order valence-corrected chi connectivity index (χ4v) is 14.9. The largest absolute Gasteiger partial charge is 0.473 e. The van der Waals surface area contributed by atoms with Crippen molar-refractivity contribution in [3.8, 4) is 0 Å². The van der Waals surface area contributed by atoms with Crippen LogP contribution in [0.5, 0.6) is 0 Å². The van der Waals surface area contributed by atoms with Crippen molar-refractivity contribution in [2.45, 2.75) is 59.1 Å². The molecule has 258 valence electrons. The lowest BCUT2D eigenvalue weighted by atomic mass is 10.0. The second kappa shape index (κ2) is 13.1. The van der Waals surface area contributed by atoms with E-state index in [-0.39, 0.29) is 12.8 Å². The summed E-state index contributed by atoms with van der Waals surface area (Å²) in [6.07, 6.45) is 3.40. The molecule has 2 aromatic rings. The van der Waals surface area contributed by atoms with Crippen molar-refractivity contribution in [2.75, 3.05) is 0 Å². The van der Waals surface area contributed by atoms with Crippen LogP contribution in [0.25, 0.3) is 0 Å². The first-order valence-corrected chi connectivity index (χ1v) is 20.3. The summed E-state index contributed by atoms with van der Waals surface area (Å²) in [5.41, 5.74) is 1.80. The number of rotatable bonds is 6. The molecule has 2 bridgehead atoms. The van der Waals surface area contributed by atoms with Crippen LogP contribution in [0, 0.1) is 0 Å². The van der Waals surface area contributed by atoms with Crippen LogP contribution >= 0.6 is 41.2 Å². The van der Waals surface area contributed by atoms with E-state index in [0.29, 0.717) is 22.3 Å². The maximum Gasteiger partial charge on any atom is 0.340 e. The molecule has 5 fully saturated rings. The van der Waals surface area contributed by atoms with Gasteiger partial charge in [0.25, 0.3) is 11.8 Å². The topological polar surface area (TPSA) is 152 Å². The van der Waals surface area contributed by atoms with Gasteiger partial charge in [0.05, 0.1) is 37.1 Å². The Bertz CT molecular complexity index is 1720. The fourth-order valence-electron chi connectivity index (χ4n) is 7.17. The second-order valence-corrected chi connectivity index (χ2v) is 18.4. The van der Waals surface area contributed by atoms with Gasteiger partial charge in [0.15, 0.2) is 21.9 Å². The van der Waals surface area contributed by atoms with Crippen LogP contribution in [0.3, 0.4) is 0 Å². The summed E-state index contributed by atoms with van der Waals surface area (Å²) in [5.74, 6) is -2.64. The molecule has 8 unspecified atom stereocenters. The number of ether oxygens (including phenoxy) is 4. The number of nitrogens with zero attached hydrogens (tertiary/aromatic N) is 2. The molecule has 7 aliphatic heterocycles. The Morgan fingerprint density at radius 1 is 0.700 bits per heavy atom. The SMILES string of the molecule is O=C(OC1C=COC=C2CC34SSSSC5(CC6=COC=CC(OC(=O)C(O)c7ccccc7)C6N5C3=O)C(=O)N4C21)C(O)c1ccccc1. The number of amides is 2. The molecule has 7 aliphatic rings. The zero-order valence-electron chi connectivity index (χ0n) is 25.8. The lowest BCUT2D eigenvalue weighted by Crippen LogP contribution is -2.74. The Kier molecular flexibility index (Phi) is 8.72. The lowest BCUT2D eigenvalue weighted by Gasteiger charge is -2.55. The van der Waals surface area contributed by atoms with E-state index in [4.69, 9.17) is 18.9 Å². The first-order valence-electron chi connectivity index (χ1n) is 15.5. The van der Waals surface area contributed by atoms with Crippen molar-refractivity contribution in [3.63, 3.8) is 0 Å². The Morgan fingerprint density at radius 3 is 1.50 bits per heavy atom. The summed E-state index contributed by atoms with van der Waals surface area (Å²) in [6.45, 7) is 0. The molecule has 5 saturated heterocycles. The number of benzene rings is 2. The molecule has 8 atom stereocenters. The Hall–Kier alpha value is -3.80. The van der Waals surface area contributed by atoms with Gasteiger partial charge in [-0.05, 0) is 75.7 Å². The van der Waals surface area contributed by atoms with E-state index in [1.54, 1.807) is 60.7 Å². The molecule has 7 heterocycles. The van der Waals surface area contributed by atoms with Crippen molar-refractivity contribution >= 4 is 65.0 Å². The molecule has 2 amide bonds. The van der Waals surface area contributed by atoms with Crippen LogP contribution in [0.1, 0.15) is 36.2 Å². The number of fused-ring (bicyclic) bond motifs is 5. The average molecular weight is 753 g/mol. The van der Waals surface area contributed by atoms with E-state index >= 15 is 9.59 Å². The molecular formula is C34H28N2O10S4. The number of esters is 2. The number of carbonyl (C=O) groups excluding carboxylic acids is 4. The molecule has 0 aliphatic carbocycles. The Balaban J connectivity index is 1.15. The van der Waals surface area contributed by atoms with Crippen LogP contribution in [0.2, 0.25) is 0 Å². The minimum absolute atomic E-state index is 0.0595. The highest BCUT2D eigenvalue weighted by molar-refractivity contribution is 9.26. The number of hydrogen-bond donors (Lipinski definition) is 2. The summed E-state index contributed by atoms with van der Waals surface area (Å²) in [7, 11) is 5.16. The summed E-state index contributed by atoms with van der Waals surface area (Å²) in [6, 6.07) is 14.9. The third kappa shape index (κ3) is 5.26. The van der Waals surface area contributed by atoms with Gasteiger partial charge in [-0.1, -0.05) is 60.7 Å². The number of hydrogen-bond acceptors (Lipinski definition) is 14. The second-order valence-electron chi connectivity index (χ2n) is 12.2. The quantitative estimate of drug-likeness (QED) is 0.316. The number of aliphatic hydroxyl groups excluding tert-OH is 2. The summed E-state index contributed by atoms with van der Waals surface area (Å²) in [4.78, 5) is 56.9. The lowest BCUT2D eigenvalue weighted by molar-refractivity contribution is -0.174. The van der Waals surface area contributed by atoms with Crippen molar-refractivity contribution in [1.29, 1.82) is 0 Å². The number of carbonyl (C=O) groups is 4. The highest BCUT2D eigenvalue weighted by Gasteiger charge is 2.75. The third-order valence-electron chi connectivity index (χ3n) is 9.40. The van der Waals surface area contributed by atoms with Gasteiger partial charge < -0.3 is 39.0 Å². The zero-order chi connectivity index (χ0) is 34.6. The predicted molar refractivity (Wildman–Crippen MR) is 186 cm³/mol. The Morgan fingerprint density at radius 2 is 1.10 bits per heavy atom. The summed E-state index contributed by atoms with van der Waals surface area (Å²) < 4.78 is 23.0. The van der Waals surface area contributed by atoms with Gasteiger partial charge in [0, 0.05) is 12.8 Å². The molecule has 2 spiro atoms. The van der Waals surface area contributed by atoms with Gasteiger partial charge in [-0.2, -0.15) is 0 Å². The Labute approximate surface area is 301 Å². The molecule has 0 saturated carbocycles. The van der Waals surface area contributed by atoms with Crippen molar-refractivity contribution in [1.82, 2.24) is 9.80 Å². The van der Waals surface area contributed by atoms with Gasteiger partial charge in [0.2, 0.25) is 0 Å². The number of piperazine rings is 1. The molecule has 2 aromatic carbocycles. The zero-order valence-corrected chi connectivity index (χ0v) is 29.1. The molecule has 50 heavy (non-hydrogen) atoms. The van der Waals surface area contributed by atoms with E-state index in [1.807, 2.05) is 0 Å². The van der Waals surface area contributed by atoms with E-state index in [0.717, 1.165) is 0 Å². The highest BCUT2D eigenvalue weighted by Crippen LogP contribution is 2.69. The van der Waals surface area contributed by atoms with Gasteiger partial charge >= 0.3 is 11.9 Å².